The lowest BCUT2D eigenvalue weighted by Gasteiger charge is -2.29. The molecule has 2 unspecified atom stereocenters. The summed E-state index contributed by atoms with van der Waals surface area (Å²) in [6.07, 6.45) is 7.90. The predicted octanol–water partition coefficient (Wildman–Crippen LogP) is 2.00. The van der Waals surface area contributed by atoms with Crippen molar-refractivity contribution in [3.05, 3.63) is 18.2 Å². The molecule has 2 rings (SSSR count). The molecule has 5 nitrogen and oxygen atoms in total. The van der Waals surface area contributed by atoms with Gasteiger partial charge in [-0.3, -0.25) is 4.79 Å². The molecular formula is C15H26N4O. The van der Waals surface area contributed by atoms with E-state index in [1.807, 2.05) is 26.4 Å². The number of aromatic nitrogens is 2. The highest BCUT2D eigenvalue weighted by Crippen LogP contribution is 2.25. The van der Waals surface area contributed by atoms with E-state index in [4.69, 9.17) is 0 Å². The van der Waals surface area contributed by atoms with Gasteiger partial charge in [0.15, 0.2) is 0 Å². The number of aryl methyl sites for hydroxylation is 1. The molecular weight excluding hydrogens is 252 g/mol. The maximum Gasteiger partial charge on any atom is 0.221 e. The standard InChI is InChI=1S/C15H26N4O/c1-11(2)17-15(20)7-8-19-10-16-9-14(19)13-6-4-5-12(3)18-13/h9-13,18H,4-8H2,1-3H3,(H,17,20). The molecule has 1 aromatic heterocycles. The molecule has 1 aromatic rings. The molecule has 0 radical (unpaired) electrons. The van der Waals surface area contributed by atoms with E-state index >= 15 is 0 Å². The number of nitrogens with zero attached hydrogens (tertiary/aromatic N) is 2. The van der Waals surface area contributed by atoms with Gasteiger partial charge in [0.2, 0.25) is 5.91 Å². The lowest BCUT2D eigenvalue weighted by atomic mass is 9.97. The molecule has 20 heavy (non-hydrogen) atoms. The minimum absolute atomic E-state index is 0.102. The number of hydrogen-bond donors (Lipinski definition) is 2. The first-order chi connectivity index (χ1) is 9.56. The van der Waals surface area contributed by atoms with Crippen molar-refractivity contribution in [2.24, 2.45) is 0 Å². The van der Waals surface area contributed by atoms with Gasteiger partial charge in [0, 0.05) is 37.3 Å². The Balaban J connectivity index is 1.93. The zero-order valence-electron chi connectivity index (χ0n) is 12.7. The fourth-order valence-corrected chi connectivity index (χ4v) is 2.80. The van der Waals surface area contributed by atoms with Crippen LogP contribution in [0.4, 0.5) is 0 Å². The molecule has 112 valence electrons. The number of imidazole rings is 1. The van der Waals surface area contributed by atoms with Crippen LogP contribution in [-0.2, 0) is 11.3 Å². The molecule has 1 fully saturated rings. The highest BCUT2D eigenvalue weighted by atomic mass is 16.1. The van der Waals surface area contributed by atoms with Crippen molar-refractivity contribution >= 4 is 5.91 Å². The van der Waals surface area contributed by atoms with E-state index in [9.17, 15) is 4.79 Å². The fraction of sp³-hybridized carbons (Fsp3) is 0.733. The molecule has 5 heteroatoms. The summed E-state index contributed by atoms with van der Waals surface area (Å²) in [5.74, 6) is 0.102. The second kappa shape index (κ2) is 6.88. The normalized spacial score (nSPS) is 23.0. The van der Waals surface area contributed by atoms with Crippen molar-refractivity contribution < 1.29 is 4.79 Å². The summed E-state index contributed by atoms with van der Waals surface area (Å²) >= 11 is 0. The SMILES string of the molecule is CC(C)NC(=O)CCn1cncc1C1CCCC(C)N1. The fourth-order valence-electron chi connectivity index (χ4n) is 2.80. The van der Waals surface area contributed by atoms with Gasteiger partial charge in [0.1, 0.15) is 0 Å². The number of carbonyl (C=O) groups is 1. The zero-order chi connectivity index (χ0) is 14.5. The third-order valence-electron chi connectivity index (χ3n) is 3.75. The van der Waals surface area contributed by atoms with Crippen molar-refractivity contribution in [2.75, 3.05) is 0 Å². The topological polar surface area (TPSA) is 59.0 Å². The van der Waals surface area contributed by atoms with Crippen molar-refractivity contribution in [1.29, 1.82) is 0 Å². The third-order valence-corrected chi connectivity index (χ3v) is 3.75. The minimum atomic E-state index is 0.102. The first kappa shape index (κ1) is 15.0. The van der Waals surface area contributed by atoms with Crippen LogP contribution in [0.3, 0.4) is 0 Å². The van der Waals surface area contributed by atoms with Crippen LogP contribution >= 0.6 is 0 Å². The average molecular weight is 278 g/mol. The van der Waals surface area contributed by atoms with Crippen LogP contribution in [0.5, 0.6) is 0 Å². The molecule has 0 spiro atoms. The second-order valence-electron chi connectivity index (χ2n) is 6.04. The van der Waals surface area contributed by atoms with E-state index in [1.54, 1.807) is 0 Å². The first-order valence-corrected chi connectivity index (χ1v) is 7.61. The summed E-state index contributed by atoms with van der Waals surface area (Å²) in [5.41, 5.74) is 1.20. The molecule has 1 amide bonds. The third kappa shape index (κ3) is 4.07. The van der Waals surface area contributed by atoms with E-state index in [1.165, 1.54) is 18.5 Å². The molecule has 1 saturated heterocycles. The highest BCUT2D eigenvalue weighted by Gasteiger charge is 2.22. The monoisotopic (exact) mass is 278 g/mol. The van der Waals surface area contributed by atoms with Gasteiger partial charge in [-0.25, -0.2) is 4.98 Å². The Morgan fingerprint density at radius 3 is 3.05 bits per heavy atom. The second-order valence-corrected chi connectivity index (χ2v) is 6.04. The smallest absolute Gasteiger partial charge is 0.221 e. The summed E-state index contributed by atoms with van der Waals surface area (Å²) in [5, 5.41) is 6.54. The van der Waals surface area contributed by atoms with Gasteiger partial charge in [0.25, 0.3) is 0 Å². The van der Waals surface area contributed by atoms with E-state index in [0.29, 0.717) is 25.0 Å². The molecule has 0 saturated carbocycles. The summed E-state index contributed by atoms with van der Waals surface area (Å²) in [4.78, 5) is 16.0. The lowest BCUT2D eigenvalue weighted by molar-refractivity contribution is -0.121. The van der Waals surface area contributed by atoms with Gasteiger partial charge in [-0.15, -0.1) is 0 Å². The molecule has 2 N–H and O–H groups in total. The Morgan fingerprint density at radius 1 is 1.55 bits per heavy atom. The minimum Gasteiger partial charge on any atom is -0.354 e. The van der Waals surface area contributed by atoms with E-state index < -0.39 is 0 Å². The van der Waals surface area contributed by atoms with Gasteiger partial charge >= 0.3 is 0 Å². The Kier molecular flexibility index (Phi) is 5.17. The number of nitrogens with one attached hydrogen (secondary N) is 2. The summed E-state index contributed by atoms with van der Waals surface area (Å²) in [6, 6.07) is 1.13. The van der Waals surface area contributed by atoms with Crippen LogP contribution in [0.15, 0.2) is 12.5 Å². The Labute approximate surface area is 121 Å². The number of amides is 1. The van der Waals surface area contributed by atoms with Gasteiger partial charge in [-0.05, 0) is 40.0 Å². The van der Waals surface area contributed by atoms with Gasteiger partial charge < -0.3 is 15.2 Å². The Morgan fingerprint density at radius 2 is 2.35 bits per heavy atom. The first-order valence-electron chi connectivity index (χ1n) is 7.61. The summed E-state index contributed by atoms with van der Waals surface area (Å²) in [7, 11) is 0. The Hall–Kier alpha value is -1.36. The number of carbonyl (C=O) groups excluding carboxylic acids is 1. The van der Waals surface area contributed by atoms with Crippen molar-refractivity contribution in [3.8, 4) is 0 Å². The number of piperidine rings is 1. The van der Waals surface area contributed by atoms with Crippen LogP contribution in [0.25, 0.3) is 0 Å². The maximum atomic E-state index is 11.7. The lowest BCUT2D eigenvalue weighted by Crippen LogP contribution is -2.36. The number of rotatable bonds is 5. The molecule has 1 aliphatic rings. The summed E-state index contributed by atoms with van der Waals surface area (Å²) < 4.78 is 2.11. The predicted molar refractivity (Wildman–Crippen MR) is 79.3 cm³/mol. The zero-order valence-corrected chi connectivity index (χ0v) is 12.7. The van der Waals surface area contributed by atoms with Gasteiger partial charge in [-0.1, -0.05) is 0 Å². The van der Waals surface area contributed by atoms with Crippen LogP contribution < -0.4 is 10.6 Å². The molecule has 1 aliphatic heterocycles. The molecule has 2 heterocycles. The van der Waals surface area contributed by atoms with Crippen LogP contribution in [0, 0.1) is 0 Å². The van der Waals surface area contributed by atoms with Gasteiger partial charge in [0.05, 0.1) is 12.0 Å². The van der Waals surface area contributed by atoms with E-state index in [2.05, 4.69) is 27.1 Å². The molecule has 0 bridgehead atoms. The molecule has 0 aliphatic carbocycles. The van der Waals surface area contributed by atoms with E-state index in [-0.39, 0.29) is 11.9 Å². The Bertz CT molecular complexity index is 441. The van der Waals surface area contributed by atoms with Crippen LogP contribution in [0.1, 0.15) is 58.2 Å². The largest absolute Gasteiger partial charge is 0.354 e. The van der Waals surface area contributed by atoms with Gasteiger partial charge in [-0.2, -0.15) is 0 Å². The van der Waals surface area contributed by atoms with Crippen LogP contribution in [0.2, 0.25) is 0 Å². The number of hydrogen-bond acceptors (Lipinski definition) is 3. The molecule has 0 aromatic carbocycles. The van der Waals surface area contributed by atoms with Crippen molar-refractivity contribution in [1.82, 2.24) is 20.2 Å². The van der Waals surface area contributed by atoms with Crippen molar-refractivity contribution in [3.63, 3.8) is 0 Å². The van der Waals surface area contributed by atoms with E-state index in [0.717, 1.165) is 6.42 Å². The summed E-state index contributed by atoms with van der Waals surface area (Å²) in [6.45, 7) is 6.88. The quantitative estimate of drug-likeness (QED) is 0.866. The maximum absolute atomic E-state index is 11.7. The van der Waals surface area contributed by atoms with Crippen molar-refractivity contribution in [2.45, 2.75) is 71.1 Å². The highest BCUT2D eigenvalue weighted by molar-refractivity contribution is 5.76. The van der Waals surface area contributed by atoms with Crippen LogP contribution in [-0.4, -0.2) is 27.5 Å². The average Bonchev–Trinajstić information content (AvgIpc) is 2.84. The molecule has 2 atom stereocenters.